The lowest BCUT2D eigenvalue weighted by atomic mass is 10.1. The number of amides is 1. The van der Waals surface area contributed by atoms with Crippen LogP contribution in [0.5, 0.6) is 0 Å². The predicted octanol–water partition coefficient (Wildman–Crippen LogP) is 6.07. The van der Waals surface area contributed by atoms with Gasteiger partial charge in [-0.05, 0) is 24.3 Å². The Bertz CT molecular complexity index is 1320. The maximum atomic E-state index is 12.7. The van der Waals surface area contributed by atoms with E-state index in [4.69, 9.17) is 11.6 Å². The Morgan fingerprint density at radius 1 is 1.06 bits per heavy atom. The summed E-state index contributed by atoms with van der Waals surface area (Å²) in [6.07, 6.45) is 1.46. The van der Waals surface area contributed by atoms with Crippen molar-refractivity contribution < 1.29 is 9.72 Å². The van der Waals surface area contributed by atoms with E-state index in [-0.39, 0.29) is 11.6 Å². The minimum Gasteiger partial charge on any atom is -0.312 e. The molecule has 4 rings (SSSR count). The Kier molecular flexibility index (Phi) is 6.72. The fraction of sp³-hybridized carbons (Fsp3) is 0. The summed E-state index contributed by atoms with van der Waals surface area (Å²) in [5.74, 6) is -0.292. The molecule has 0 aliphatic heterocycles. The molecule has 2 N–H and O–H groups in total. The van der Waals surface area contributed by atoms with E-state index in [1.807, 2.05) is 30.3 Å². The average Bonchev–Trinajstić information content (AvgIpc) is 3.22. The van der Waals surface area contributed by atoms with Crippen LogP contribution in [-0.2, 0) is 0 Å². The van der Waals surface area contributed by atoms with E-state index in [2.05, 4.69) is 20.8 Å². The molecule has 164 valence electrons. The van der Waals surface area contributed by atoms with Crippen molar-refractivity contribution in [2.45, 2.75) is 0 Å². The molecule has 0 saturated carbocycles. The molecule has 1 aromatic heterocycles. The van der Waals surface area contributed by atoms with Crippen LogP contribution in [-0.4, -0.2) is 22.0 Å². The van der Waals surface area contributed by atoms with Crippen LogP contribution >= 0.6 is 22.9 Å². The van der Waals surface area contributed by atoms with Crippen molar-refractivity contribution >= 4 is 50.9 Å². The molecule has 8 nitrogen and oxygen atoms in total. The van der Waals surface area contributed by atoms with Gasteiger partial charge in [-0.1, -0.05) is 65.4 Å². The van der Waals surface area contributed by atoms with Gasteiger partial charge in [-0.2, -0.15) is 5.10 Å². The number of carbonyl (C=O) groups is 1. The molecule has 4 aromatic rings. The van der Waals surface area contributed by atoms with Gasteiger partial charge in [-0.15, -0.1) is 0 Å². The Labute approximate surface area is 197 Å². The van der Waals surface area contributed by atoms with E-state index < -0.39 is 4.92 Å². The smallest absolute Gasteiger partial charge is 0.270 e. The second kappa shape index (κ2) is 10.0. The van der Waals surface area contributed by atoms with E-state index in [1.54, 1.807) is 36.4 Å². The first-order valence-electron chi connectivity index (χ1n) is 9.66. The minimum atomic E-state index is -0.465. The van der Waals surface area contributed by atoms with Gasteiger partial charge in [0.15, 0.2) is 0 Å². The fourth-order valence-electron chi connectivity index (χ4n) is 2.90. The third-order valence-corrected chi connectivity index (χ3v) is 5.59. The molecule has 0 unspecified atom stereocenters. The van der Waals surface area contributed by atoms with Crippen molar-refractivity contribution in [1.29, 1.82) is 0 Å². The predicted molar refractivity (Wildman–Crippen MR) is 131 cm³/mol. The molecule has 0 atom stereocenters. The Balaban J connectivity index is 1.57. The van der Waals surface area contributed by atoms with Crippen LogP contribution in [0.4, 0.5) is 15.8 Å². The quantitative estimate of drug-likeness (QED) is 0.191. The molecule has 0 radical (unpaired) electrons. The summed E-state index contributed by atoms with van der Waals surface area (Å²) in [5.41, 5.74) is 5.26. The minimum absolute atomic E-state index is 0.0215. The lowest BCUT2D eigenvalue weighted by Gasteiger charge is -2.05. The zero-order valence-corrected chi connectivity index (χ0v) is 18.5. The number of carbonyl (C=O) groups excluding carboxylic acids is 1. The number of halogens is 1. The topological polar surface area (TPSA) is 110 Å². The molecule has 3 aromatic carbocycles. The largest absolute Gasteiger partial charge is 0.312 e. The molecular formula is C23H16ClN5O3S. The number of nitrogens with one attached hydrogen (secondary N) is 2. The number of hydrogen-bond acceptors (Lipinski definition) is 7. The number of thiazole rings is 1. The summed E-state index contributed by atoms with van der Waals surface area (Å²) < 4.78 is 0. The van der Waals surface area contributed by atoms with E-state index in [0.29, 0.717) is 32.0 Å². The number of nitrogens with zero attached hydrogens (tertiary/aromatic N) is 3. The number of hydrogen-bond donors (Lipinski definition) is 2. The van der Waals surface area contributed by atoms with Crippen LogP contribution < -0.4 is 10.7 Å². The van der Waals surface area contributed by atoms with Crippen LogP contribution in [0.15, 0.2) is 84.0 Å². The SMILES string of the molecule is O=C(Nc1sc(N/N=C/c2cccc([N+](=O)[O-])c2)nc1-c1ccccc1)c1ccc(Cl)cc1. The van der Waals surface area contributed by atoms with Gasteiger partial charge < -0.3 is 5.32 Å². The molecular weight excluding hydrogens is 462 g/mol. The van der Waals surface area contributed by atoms with Gasteiger partial charge in [-0.25, -0.2) is 4.98 Å². The van der Waals surface area contributed by atoms with Crippen LogP contribution in [0.1, 0.15) is 15.9 Å². The summed E-state index contributed by atoms with van der Waals surface area (Å²) >= 11 is 7.13. The maximum absolute atomic E-state index is 12.7. The molecule has 1 amide bonds. The lowest BCUT2D eigenvalue weighted by Crippen LogP contribution is -2.11. The van der Waals surface area contributed by atoms with E-state index >= 15 is 0 Å². The van der Waals surface area contributed by atoms with Crippen LogP contribution in [0.25, 0.3) is 11.3 Å². The van der Waals surface area contributed by atoms with Crippen molar-refractivity contribution in [3.05, 3.63) is 105 Å². The highest BCUT2D eigenvalue weighted by atomic mass is 35.5. The molecule has 1 heterocycles. The molecule has 0 bridgehead atoms. The van der Waals surface area contributed by atoms with Gasteiger partial charge in [0, 0.05) is 33.8 Å². The first kappa shape index (κ1) is 22.1. The summed E-state index contributed by atoms with van der Waals surface area (Å²) in [6.45, 7) is 0. The molecule has 0 aliphatic carbocycles. The third kappa shape index (κ3) is 5.59. The summed E-state index contributed by atoms with van der Waals surface area (Å²) in [7, 11) is 0. The number of benzene rings is 3. The van der Waals surface area contributed by atoms with Gasteiger partial charge in [-0.3, -0.25) is 20.3 Å². The van der Waals surface area contributed by atoms with Crippen molar-refractivity contribution in [2.24, 2.45) is 5.10 Å². The Hall–Kier alpha value is -4.08. The average molecular weight is 478 g/mol. The number of nitro benzene ring substituents is 1. The highest BCUT2D eigenvalue weighted by Gasteiger charge is 2.16. The van der Waals surface area contributed by atoms with Gasteiger partial charge in [0.05, 0.1) is 11.1 Å². The van der Waals surface area contributed by atoms with E-state index in [0.717, 1.165) is 5.56 Å². The van der Waals surface area contributed by atoms with Crippen LogP contribution in [0, 0.1) is 10.1 Å². The summed E-state index contributed by atoms with van der Waals surface area (Å²) in [6, 6.07) is 22.1. The summed E-state index contributed by atoms with van der Waals surface area (Å²) in [4.78, 5) is 27.8. The first-order chi connectivity index (χ1) is 16.0. The third-order valence-electron chi connectivity index (χ3n) is 4.46. The number of hydrazone groups is 1. The monoisotopic (exact) mass is 477 g/mol. The fourth-order valence-corrected chi connectivity index (χ4v) is 3.86. The normalized spacial score (nSPS) is 10.8. The Morgan fingerprint density at radius 3 is 2.55 bits per heavy atom. The Morgan fingerprint density at radius 2 is 1.82 bits per heavy atom. The first-order valence-corrected chi connectivity index (χ1v) is 10.9. The van der Waals surface area contributed by atoms with Crippen molar-refractivity contribution in [2.75, 3.05) is 10.7 Å². The molecule has 0 aliphatic rings. The number of non-ortho nitro benzene ring substituents is 1. The van der Waals surface area contributed by atoms with Crippen LogP contribution in [0.3, 0.4) is 0 Å². The van der Waals surface area contributed by atoms with Gasteiger partial charge in [0.25, 0.3) is 11.6 Å². The highest BCUT2D eigenvalue weighted by molar-refractivity contribution is 7.20. The second-order valence-electron chi connectivity index (χ2n) is 6.75. The molecule has 33 heavy (non-hydrogen) atoms. The molecule has 10 heteroatoms. The van der Waals surface area contributed by atoms with E-state index in [1.165, 1.54) is 29.7 Å². The maximum Gasteiger partial charge on any atom is 0.270 e. The lowest BCUT2D eigenvalue weighted by molar-refractivity contribution is -0.384. The molecule has 0 fully saturated rings. The van der Waals surface area contributed by atoms with Crippen molar-refractivity contribution in [3.8, 4) is 11.3 Å². The molecule has 0 spiro atoms. The van der Waals surface area contributed by atoms with Gasteiger partial charge in [0.1, 0.15) is 10.7 Å². The van der Waals surface area contributed by atoms with Gasteiger partial charge in [0.2, 0.25) is 5.13 Å². The number of nitro groups is 1. The van der Waals surface area contributed by atoms with Crippen molar-refractivity contribution in [1.82, 2.24) is 4.98 Å². The molecule has 0 saturated heterocycles. The summed E-state index contributed by atoms with van der Waals surface area (Å²) in [5, 5.41) is 19.5. The van der Waals surface area contributed by atoms with Crippen molar-refractivity contribution in [3.63, 3.8) is 0 Å². The number of aromatic nitrogens is 1. The highest BCUT2D eigenvalue weighted by Crippen LogP contribution is 2.36. The van der Waals surface area contributed by atoms with E-state index in [9.17, 15) is 14.9 Å². The number of rotatable bonds is 7. The van der Waals surface area contributed by atoms with Crippen LogP contribution in [0.2, 0.25) is 5.02 Å². The zero-order valence-electron chi connectivity index (χ0n) is 16.9. The number of anilines is 2. The van der Waals surface area contributed by atoms with Gasteiger partial charge >= 0.3 is 0 Å². The second-order valence-corrected chi connectivity index (χ2v) is 8.18. The standard InChI is InChI=1S/C23H16ClN5O3S/c24-18-11-9-17(10-12-18)21(30)27-22-20(16-6-2-1-3-7-16)26-23(33-22)28-25-14-15-5-4-8-19(13-15)29(31)32/h1-14H,(H,26,28)(H,27,30)/b25-14+. The zero-order chi connectivity index (χ0) is 23.2.